The monoisotopic (exact) mass is 285 g/mol. The van der Waals surface area contributed by atoms with Gasteiger partial charge >= 0.3 is 5.97 Å². The zero-order chi connectivity index (χ0) is 14.8. The fourth-order valence-electron chi connectivity index (χ4n) is 1.40. The minimum atomic E-state index is -0.505. The predicted molar refractivity (Wildman–Crippen MR) is 77.8 cm³/mol. The number of hydrogen-bond donors (Lipinski definition) is 1. The maximum atomic E-state index is 12.0. The molecule has 2 N–H and O–H groups in total. The Morgan fingerprint density at radius 2 is 1.79 bits per heavy atom. The van der Waals surface area contributed by atoms with Gasteiger partial charge in [-0.15, -0.1) is 11.3 Å². The van der Waals surface area contributed by atoms with Crippen LogP contribution in [0.15, 0.2) is 6.07 Å². The van der Waals surface area contributed by atoms with Crippen LogP contribution in [0.25, 0.3) is 0 Å². The van der Waals surface area contributed by atoms with E-state index in [0.29, 0.717) is 17.2 Å². The van der Waals surface area contributed by atoms with Crippen LogP contribution in [0.2, 0.25) is 0 Å². The topological polar surface area (TPSA) is 61.5 Å². The molecule has 0 bridgehead atoms. The first-order valence-electron chi connectivity index (χ1n) is 6.27. The molecule has 108 valence electrons. The maximum Gasteiger partial charge on any atom is 0.348 e. The van der Waals surface area contributed by atoms with Gasteiger partial charge in [0.1, 0.15) is 21.8 Å². The maximum absolute atomic E-state index is 12.0. The van der Waals surface area contributed by atoms with Gasteiger partial charge in [0.05, 0.1) is 4.88 Å². The van der Waals surface area contributed by atoms with Gasteiger partial charge in [-0.3, -0.25) is 0 Å². The smallest absolute Gasteiger partial charge is 0.348 e. The van der Waals surface area contributed by atoms with E-state index < -0.39 is 5.60 Å². The van der Waals surface area contributed by atoms with Crippen molar-refractivity contribution in [2.24, 2.45) is 5.73 Å². The van der Waals surface area contributed by atoms with Crippen LogP contribution in [0.5, 0.6) is 5.75 Å². The summed E-state index contributed by atoms with van der Waals surface area (Å²) in [6.45, 7) is 11.7. The Hall–Kier alpha value is -1.07. The van der Waals surface area contributed by atoms with Crippen molar-refractivity contribution in [2.75, 3.05) is 0 Å². The number of rotatable bonds is 3. The molecular weight excluding hydrogens is 262 g/mol. The molecule has 0 aliphatic rings. The van der Waals surface area contributed by atoms with E-state index in [1.54, 1.807) is 6.07 Å². The number of hydrogen-bond acceptors (Lipinski definition) is 5. The van der Waals surface area contributed by atoms with Crippen LogP contribution in [0, 0.1) is 0 Å². The van der Waals surface area contributed by atoms with E-state index in [-0.39, 0.29) is 11.6 Å². The van der Waals surface area contributed by atoms with Crippen LogP contribution in [0.4, 0.5) is 0 Å². The summed E-state index contributed by atoms with van der Waals surface area (Å²) in [5, 5.41) is 0. The highest BCUT2D eigenvalue weighted by Crippen LogP contribution is 2.32. The summed E-state index contributed by atoms with van der Waals surface area (Å²) >= 11 is 1.32. The molecule has 0 spiro atoms. The van der Waals surface area contributed by atoms with Crippen molar-refractivity contribution in [2.45, 2.75) is 59.3 Å². The van der Waals surface area contributed by atoms with E-state index in [1.165, 1.54) is 11.3 Å². The molecule has 1 aromatic rings. The fraction of sp³-hybridized carbons (Fsp3) is 0.643. The minimum Gasteiger partial charge on any atom is -0.487 e. The molecule has 0 aromatic carbocycles. The van der Waals surface area contributed by atoms with Crippen molar-refractivity contribution in [3.63, 3.8) is 0 Å². The second kappa shape index (κ2) is 5.51. The highest BCUT2D eigenvalue weighted by Gasteiger charge is 2.23. The van der Waals surface area contributed by atoms with Crippen molar-refractivity contribution < 1.29 is 14.3 Å². The van der Waals surface area contributed by atoms with E-state index >= 15 is 0 Å². The van der Waals surface area contributed by atoms with Crippen LogP contribution in [-0.2, 0) is 11.3 Å². The van der Waals surface area contributed by atoms with Gasteiger partial charge in [0.25, 0.3) is 0 Å². The van der Waals surface area contributed by atoms with E-state index in [2.05, 4.69) is 0 Å². The largest absolute Gasteiger partial charge is 0.487 e. The van der Waals surface area contributed by atoms with E-state index in [1.807, 2.05) is 41.5 Å². The molecule has 0 fully saturated rings. The Morgan fingerprint density at radius 3 is 2.21 bits per heavy atom. The third-order valence-electron chi connectivity index (χ3n) is 1.97. The average molecular weight is 285 g/mol. The SMILES string of the molecule is CC(C)(C)OC(=O)c1cc(OC(C)(C)C)c(CN)s1. The molecule has 0 saturated heterocycles. The zero-order valence-corrected chi connectivity index (χ0v) is 13.3. The number of carbonyl (C=O) groups is 1. The van der Waals surface area contributed by atoms with Gasteiger partial charge in [-0.25, -0.2) is 4.79 Å². The Morgan fingerprint density at radius 1 is 1.21 bits per heavy atom. The highest BCUT2D eigenvalue weighted by atomic mass is 32.1. The minimum absolute atomic E-state index is 0.323. The highest BCUT2D eigenvalue weighted by molar-refractivity contribution is 7.14. The summed E-state index contributed by atoms with van der Waals surface area (Å²) < 4.78 is 11.1. The Balaban J connectivity index is 2.96. The van der Waals surface area contributed by atoms with Crippen LogP contribution < -0.4 is 10.5 Å². The van der Waals surface area contributed by atoms with Gasteiger partial charge in [0.2, 0.25) is 0 Å². The van der Waals surface area contributed by atoms with E-state index in [9.17, 15) is 4.79 Å². The van der Waals surface area contributed by atoms with Crippen molar-refractivity contribution >= 4 is 17.3 Å². The molecule has 5 heteroatoms. The van der Waals surface area contributed by atoms with E-state index in [0.717, 1.165) is 4.88 Å². The average Bonchev–Trinajstić information content (AvgIpc) is 2.55. The first-order chi connectivity index (χ1) is 8.52. The van der Waals surface area contributed by atoms with Crippen molar-refractivity contribution in [1.29, 1.82) is 0 Å². The van der Waals surface area contributed by atoms with Gasteiger partial charge in [0.15, 0.2) is 0 Å². The number of thiophene rings is 1. The molecule has 0 unspecified atom stereocenters. The molecule has 1 rings (SSSR count). The second-order valence-corrected chi connectivity index (χ2v) is 7.46. The quantitative estimate of drug-likeness (QED) is 0.865. The van der Waals surface area contributed by atoms with Gasteiger partial charge in [-0.1, -0.05) is 0 Å². The summed E-state index contributed by atoms with van der Waals surface area (Å²) in [7, 11) is 0. The Kier molecular flexibility index (Phi) is 4.63. The molecule has 1 heterocycles. The number of esters is 1. The zero-order valence-electron chi connectivity index (χ0n) is 12.5. The number of ether oxygens (including phenoxy) is 2. The van der Waals surface area contributed by atoms with Gasteiger partial charge in [-0.05, 0) is 41.5 Å². The standard InChI is InChI=1S/C14H23NO3S/c1-13(2,3)17-9-7-10(19-11(9)8-15)12(16)18-14(4,5)6/h7H,8,15H2,1-6H3. The van der Waals surface area contributed by atoms with Crippen LogP contribution in [-0.4, -0.2) is 17.2 Å². The van der Waals surface area contributed by atoms with Gasteiger partial charge in [-0.2, -0.15) is 0 Å². The third kappa shape index (κ3) is 5.20. The lowest BCUT2D eigenvalue weighted by Gasteiger charge is -2.21. The second-order valence-electron chi connectivity index (χ2n) is 6.32. The van der Waals surface area contributed by atoms with Crippen LogP contribution in [0.1, 0.15) is 56.1 Å². The Bertz CT molecular complexity index is 452. The predicted octanol–water partition coefficient (Wildman–Crippen LogP) is 3.34. The third-order valence-corrected chi connectivity index (χ3v) is 3.09. The van der Waals surface area contributed by atoms with Crippen molar-refractivity contribution in [3.05, 3.63) is 15.8 Å². The summed E-state index contributed by atoms with van der Waals surface area (Å²) in [4.78, 5) is 13.4. The molecule has 0 atom stereocenters. The van der Waals surface area contributed by atoms with Crippen LogP contribution in [0.3, 0.4) is 0 Å². The summed E-state index contributed by atoms with van der Waals surface area (Å²) in [5.41, 5.74) is 4.86. The van der Waals surface area contributed by atoms with E-state index in [4.69, 9.17) is 15.2 Å². The lowest BCUT2D eigenvalue weighted by molar-refractivity contribution is 0.00744. The van der Waals surface area contributed by atoms with Gasteiger partial charge < -0.3 is 15.2 Å². The molecule has 0 aliphatic carbocycles. The molecule has 0 radical (unpaired) electrons. The lowest BCUT2D eigenvalue weighted by Crippen LogP contribution is -2.24. The van der Waals surface area contributed by atoms with Crippen molar-refractivity contribution in [1.82, 2.24) is 0 Å². The molecule has 0 amide bonds. The summed E-state index contributed by atoms with van der Waals surface area (Å²) in [5.74, 6) is 0.330. The Labute approximate surface area is 118 Å². The number of nitrogens with two attached hydrogens (primary N) is 1. The molecule has 0 saturated carbocycles. The number of carbonyl (C=O) groups excluding carboxylic acids is 1. The van der Waals surface area contributed by atoms with Crippen molar-refractivity contribution in [3.8, 4) is 5.75 Å². The molecule has 1 aromatic heterocycles. The first kappa shape index (κ1) is 16.0. The molecule has 19 heavy (non-hydrogen) atoms. The molecule has 0 aliphatic heterocycles. The summed E-state index contributed by atoms with van der Waals surface area (Å²) in [6.07, 6.45) is 0. The normalized spacial score (nSPS) is 12.4. The fourth-order valence-corrected chi connectivity index (χ4v) is 2.24. The van der Waals surface area contributed by atoms with Crippen LogP contribution >= 0.6 is 11.3 Å². The lowest BCUT2D eigenvalue weighted by atomic mass is 10.2. The summed E-state index contributed by atoms with van der Waals surface area (Å²) in [6, 6.07) is 1.71. The van der Waals surface area contributed by atoms with Gasteiger partial charge in [0, 0.05) is 12.6 Å². The molecular formula is C14H23NO3S. The first-order valence-corrected chi connectivity index (χ1v) is 7.08. The molecule has 4 nitrogen and oxygen atoms in total.